The van der Waals surface area contributed by atoms with Crippen LogP contribution < -0.4 is 11.5 Å². The summed E-state index contributed by atoms with van der Waals surface area (Å²) in [5, 5.41) is 8.89. The van der Waals surface area contributed by atoms with Gasteiger partial charge in [-0.3, -0.25) is 0 Å². The monoisotopic (exact) mass is 296 g/mol. The minimum Gasteiger partial charge on any atom is -0.478 e. The molecule has 0 aliphatic heterocycles. The molecule has 112 valence electrons. The van der Waals surface area contributed by atoms with Gasteiger partial charge in [-0.2, -0.15) is 4.98 Å². The Hall–Kier alpha value is -2.89. The maximum atomic E-state index is 10.8. The summed E-state index contributed by atoms with van der Waals surface area (Å²) in [6, 6.07) is 6.85. The van der Waals surface area contributed by atoms with Gasteiger partial charge in [0.25, 0.3) is 0 Å². The fraction of sp³-hybridized carbons (Fsp3) is 0.188. The van der Waals surface area contributed by atoms with Crippen molar-refractivity contribution in [1.82, 2.24) is 9.97 Å². The number of aromatic nitrogens is 2. The second kappa shape index (κ2) is 5.48. The molecule has 0 radical (unpaired) electrons. The third-order valence-corrected chi connectivity index (χ3v) is 3.77. The number of aromatic carboxylic acids is 1. The molecule has 0 amide bonds. The number of carbonyl (C=O) groups is 1. The van der Waals surface area contributed by atoms with Gasteiger partial charge in [-0.1, -0.05) is 18.2 Å². The molecule has 0 spiro atoms. The molecule has 5 N–H and O–H groups in total. The maximum absolute atomic E-state index is 10.8. The zero-order valence-electron chi connectivity index (χ0n) is 11.9. The van der Waals surface area contributed by atoms with Crippen LogP contribution >= 0.6 is 0 Å². The minimum atomic E-state index is -0.919. The van der Waals surface area contributed by atoms with Gasteiger partial charge in [-0.15, -0.1) is 0 Å². The molecule has 3 rings (SSSR count). The summed E-state index contributed by atoms with van der Waals surface area (Å²) in [4.78, 5) is 19.1. The number of benzene rings is 1. The molecule has 0 atom stereocenters. The summed E-state index contributed by atoms with van der Waals surface area (Å²) in [5.74, 6) is -0.286. The molecule has 0 saturated heterocycles. The summed E-state index contributed by atoms with van der Waals surface area (Å²) >= 11 is 0. The molecule has 1 aliphatic rings. The van der Waals surface area contributed by atoms with Crippen LogP contribution in [0.5, 0.6) is 0 Å². The summed E-state index contributed by atoms with van der Waals surface area (Å²) in [6.07, 6.45) is 4.48. The van der Waals surface area contributed by atoms with E-state index in [1.54, 1.807) is 12.1 Å². The molecule has 22 heavy (non-hydrogen) atoms. The summed E-state index contributed by atoms with van der Waals surface area (Å²) in [6.45, 7) is 0. The van der Waals surface area contributed by atoms with Crippen molar-refractivity contribution in [1.29, 1.82) is 0 Å². The van der Waals surface area contributed by atoms with Gasteiger partial charge in [0.05, 0.1) is 11.3 Å². The Morgan fingerprint density at radius 2 is 1.91 bits per heavy atom. The lowest BCUT2D eigenvalue weighted by molar-refractivity contribution is 0.0697. The van der Waals surface area contributed by atoms with E-state index in [2.05, 4.69) is 16.0 Å². The van der Waals surface area contributed by atoms with E-state index >= 15 is 0 Å². The van der Waals surface area contributed by atoms with Crippen molar-refractivity contribution in [3.8, 4) is 0 Å². The van der Waals surface area contributed by atoms with E-state index < -0.39 is 5.97 Å². The first-order valence-electron chi connectivity index (χ1n) is 6.98. The van der Waals surface area contributed by atoms with Crippen molar-refractivity contribution >= 4 is 23.3 Å². The molecular formula is C16H16N4O2. The number of aryl methyl sites for hydroxylation is 1. The van der Waals surface area contributed by atoms with Gasteiger partial charge in [0.15, 0.2) is 0 Å². The van der Waals surface area contributed by atoms with Crippen LogP contribution in [-0.4, -0.2) is 21.0 Å². The number of rotatable bonds is 3. The van der Waals surface area contributed by atoms with Crippen LogP contribution in [-0.2, 0) is 12.8 Å². The summed E-state index contributed by atoms with van der Waals surface area (Å²) in [5.41, 5.74) is 15.8. The Morgan fingerprint density at radius 1 is 1.18 bits per heavy atom. The molecule has 0 fully saturated rings. The molecule has 1 aromatic heterocycles. The van der Waals surface area contributed by atoms with Gasteiger partial charge in [0, 0.05) is 5.56 Å². The van der Waals surface area contributed by atoms with E-state index in [1.165, 1.54) is 0 Å². The number of anilines is 2. The smallest absolute Gasteiger partial charge is 0.335 e. The normalized spacial score (nSPS) is 15.0. The molecule has 1 aromatic carbocycles. The number of carboxylic acid groups (broad SMARTS) is 1. The van der Waals surface area contributed by atoms with Crippen LogP contribution in [0.1, 0.15) is 33.6 Å². The van der Waals surface area contributed by atoms with Crippen molar-refractivity contribution < 1.29 is 9.90 Å². The van der Waals surface area contributed by atoms with E-state index in [9.17, 15) is 4.79 Å². The van der Waals surface area contributed by atoms with Crippen LogP contribution in [0.25, 0.3) is 5.57 Å². The SMILES string of the molecule is Nc1nc(N)c2c(n1)CCC2=CCc1ccc(C(=O)O)cc1. The number of hydrogen-bond acceptors (Lipinski definition) is 5. The van der Waals surface area contributed by atoms with Crippen molar-refractivity contribution in [3.63, 3.8) is 0 Å². The fourth-order valence-electron chi connectivity index (χ4n) is 2.68. The van der Waals surface area contributed by atoms with Crippen LogP contribution in [0.3, 0.4) is 0 Å². The van der Waals surface area contributed by atoms with E-state index in [1.807, 2.05) is 12.1 Å². The molecule has 6 nitrogen and oxygen atoms in total. The molecule has 2 aromatic rings. The first kappa shape index (κ1) is 14.1. The predicted octanol–water partition coefficient (Wildman–Crippen LogP) is 1.91. The van der Waals surface area contributed by atoms with Crippen LogP contribution in [0.4, 0.5) is 11.8 Å². The molecule has 6 heteroatoms. The highest BCUT2D eigenvalue weighted by molar-refractivity contribution is 5.87. The Labute approximate surface area is 127 Å². The van der Waals surface area contributed by atoms with Gasteiger partial charge in [0.1, 0.15) is 5.82 Å². The average Bonchev–Trinajstić information content (AvgIpc) is 2.88. The van der Waals surface area contributed by atoms with E-state index in [0.717, 1.165) is 35.2 Å². The van der Waals surface area contributed by atoms with Crippen LogP contribution in [0, 0.1) is 0 Å². The molecule has 1 heterocycles. The zero-order chi connectivity index (χ0) is 15.7. The van der Waals surface area contributed by atoms with Gasteiger partial charge in [0.2, 0.25) is 5.95 Å². The standard InChI is InChI=1S/C16H16N4O2/c17-14-13-10(7-8-12(13)19-16(18)20-14)4-1-9-2-5-11(6-3-9)15(21)22/h2-6H,1,7-8H2,(H,21,22)(H4,17,18,19,20). The number of nitrogens with zero attached hydrogens (tertiary/aromatic N) is 2. The second-order valence-electron chi connectivity index (χ2n) is 5.22. The van der Waals surface area contributed by atoms with E-state index in [4.69, 9.17) is 16.6 Å². The fourth-order valence-corrected chi connectivity index (χ4v) is 2.68. The number of nitrogen functional groups attached to an aromatic ring is 2. The summed E-state index contributed by atoms with van der Waals surface area (Å²) in [7, 11) is 0. The van der Waals surface area contributed by atoms with Crippen LogP contribution in [0.2, 0.25) is 0 Å². The highest BCUT2D eigenvalue weighted by atomic mass is 16.4. The quantitative estimate of drug-likeness (QED) is 0.797. The highest BCUT2D eigenvalue weighted by Crippen LogP contribution is 2.34. The lowest BCUT2D eigenvalue weighted by atomic mass is 10.0. The third-order valence-electron chi connectivity index (χ3n) is 3.77. The second-order valence-corrected chi connectivity index (χ2v) is 5.22. The van der Waals surface area contributed by atoms with Gasteiger partial charge < -0.3 is 16.6 Å². The van der Waals surface area contributed by atoms with Gasteiger partial charge in [-0.25, -0.2) is 9.78 Å². The molecular weight excluding hydrogens is 280 g/mol. The molecule has 1 aliphatic carbocycles. The van der Waals surface area contributed by atoms with Crippen LogP contribution in [0.15, 0.2) is 30.3 Å². The first-order chi connectivity index (χ1) is 10.5. The third kappa shape index (κ3) is 2.63. The van der Waals surface area contributed by atoms with Crippen molar-refractivity contribution in [2.75, 3.05) is 11.5 Å². The first-order valence-corrected chi connectivity index (χ1v) is 6.98. The topological polar surface area (TPSA) is 115 Å². The molecule has 0 bridgehead atoms. The van der Waals surface area contributed by atoms with Crippen molar-refractivity contribution in [3.05, 3.63) is 52.7 Å². The number of fused-ring (bicyclic) bond motifs is 1. The van der Waals surface area contributed by atoms with E-state index in [0.29, 0.717) is 12.2 Å². The Morgan fingerprint density at radius 3 is 2.59 bits per heavy atom. The Balaban J connectivity index is 1.82. The van der Waals surface area contributed by atoms with E-state index in [-0.39, 0.29) is 11.5 Å². The number of nitrogens with two attached hydrogens (primary N) is 2. The lowest BCUT2D eigenvalue weighted by Gasteiger charge is -2.05. The number of allylic oxidation sites excluding steroid dienone is 2. The maximum Gasteiger partial charge on any atom is 0.335 e. The average molecular weight is 296 g/mol. The van der Waals surface area contributed by atoms with Crippen molar-refractivity contribution in [2.45, 2.75) is 19.3 Å². The highest BCUT2D eigenvalue weighted by Gasteiger charge is 2.21. The molecule has 0 saturated carbocycles. The Kier molecular flexibility index (Phi) is 3.50. The van der Waals surface area contributed by atoms with Crippen molar-refractivity contribution in [2.24, 2.45) is 0 Å². The minimum absolute atomic E-state index is 0.210. The number of carboxylic acids is 1. The van der Waals surface area contributed by atoms with Gasteiger partial charge >= 0.3 is 5.97 Å². The van der Waals surface area contributed by atoms with Gasteiger partial charge in [-0.05, 0) is 42.5 Å². The zero-order valence-corrected chi connectivity index (χ0v) is 11.9. The largest absolute Gasteiger partial charge is 0.478 e. The summed E-state index contributed by atoms with van der Waals surface area (Å²) < 4.78 is 0. The number of hydrogen-bond donors (Lipinski definition) is 3. The lowest BCUT2D eigenvalue weighted by Crippen LogP contribution is -2.04. The molecule has 0 unspecified atom stereocenters. The predicted molar refractivity (Wildman–Crippen MR) is 84.3 cm³/mol. The Bertz CT molecular complexity index is 766.